The average Bonchev–Trinajstić information content (AvgIpc) is 3.44. The molecule has 4 fully saturated rings. The number of hydrogen-bond acceptors (Lipinski definition) is 7. The Hall–Kier alpha value is -2.18. The van der Waals surface area contributed by atoms with Crippen LogP contribution in [-0.4, -0.2) is 85.3 Å². The maximum absolute atomic E-state index is 14.4. The molecule has 0 aromatic rings. The predicted octanol–water partition coefficient (Wildman–Crippen LogP) is 3.84. The molecule has 0 aromatic heterocycles. The van der Waals surface area contributed by atoms with Crippen molar-refractivity contribution < 1.29 is 36.6 Å². The summed E-state index contributed by atoms with van der Waals surface area (Å²) in [7, 11) is 0. The highest BCUT2D eigenvalue weighted by molar-refractivity contribution is 5.79. The summed E-state index contributed by atoms with van der Waals surface area (Å²) < 4.78 is 60.9. The third-order valence-corrected chi connectivity index (χ3v) is 8.86. The van der Waals surface area contributed by atoms with E-state index in [4.69, 9.17) is 4.74 Å². The van der Waals surface area contributed by atoms with Crippen LogP contribution in [0.5, 0.6) is 0 Å². The molecule has 3 heterocycles. The van der Waals surface area contributed by atoms with Crippen molar-refractivity contribution >= 4 is 12.0 Å². The van der Waals surface area contributed by atoms with Crippen LogP contribution in [0.2, 0.25) is 0 Å². The van der Waals surface area contributed by atoms with E-state index in [-0.39, 0.29) is 49.8 Å². The molecule has 3 aliphatic heterocycles. The smallest absolute Gasteiger partial charge is 0.449 e. The SMILES string of the molecule is O=C(OCC1CCC(OC(F)(F)F)CC1F)N1CCC2CN(C(=O)C3CCC4N=NNC4C3)CC2CC1. The lowest BCUT2D eigenvalue weighted by Gasteiger charge is -2.32. The number of carbonyl (C=O) groups is 2. The molecule has 0 spiro atoms. The van der Waals surface area contributed by atoms with Crippen molar-refractivity contribution in [3.63, 3.8) is 0 Å². The highest BCUT2D eigenvalue weighted by Gasteiger charge is 2.43. The summed E-state index contributed by atoms with van der Waals surface area (Å²) in [4.78, 5) is 29.5. The van der Waals surface area contributed by atoms with Crippen molar-refractivity contribution in [3.05, 3.63) is 0 Å². The highest BCUT2D eigenvalue weighted by Crippen LogP contribution is 2.37. The predicted molar refractivity (Wildman–Crippen MR) is 122 cm³/mol. The Morgan fingerprint density at radius 3 is 2.35 bits per heavy atom. The van der Waals surface area contributed by atoms with Gasteiger partial charge in [-0.05, 0) is 56.8 Å². The first kappa shape index (κ1) is 26.4. The van der Waals surface area contributed by atoms with E-state index in [0.717, 1.165) is 32.1 Å². The monoisotopic (exact) mass is 533 g/mol. The molecule has 208 valence electrons. The number of amides is 2. The maximum atomic E-state index is 14.4. The lowest BCUT2D eigenvalue weighted by atomic mass is 9.82. The third kappa shape index (κ3) is 6.28. The fraction of sp³-hybridized carbons (Fsp3) is 0.917. The van der Waals surface area contributed by atoms with Gasteiger partial charge in [0.15, 0.2) is 0 Å². The number of nitrogens with zero attached hydrogens (tertiary/aromatic N) is 4. The zero-order valence-corrected chi connectivity index (χ0v) is 20.7. The molecule has 2 amide bonds. The minimum atomic E-state index is -4.78. The van der Waals surface area contributed by atoms with E-state index in [1.54, 1.807) is 4.90 Å². The van der Waals surface area contributed by atoms with E-state index < -0.39 is 30.6 Å². The Labute approximate surface area is 213 Å². The average molecular weight is 534 g/mol. The summed E-state index contributed by atoms with van der Waals surface area (Å²) in [5.41, 5.74) is 3.02. The van der Waals surface area contributed by atoms with E-state index in [0.29, 0.717) is 38.0 Å². The summed E-state index contributed by atoms with van der Waals surface area (Å²) in [6.07, 6.45) is -4.09. The second kappa shape index (κ2) is 10.9. The van der Waals surface area contributed by atoms with Crippen LogP contribution in [0.4, 0.5) is 22.4 Å². The Kier molecular flexibility index (Phi) is 7.78. The Morgan fingerprint density at radius 1 is 0.946 bits per heavy atom. The molecular formula is C24H35F4N5O4. The first-order chi connectivity index (χ1) is 17.7. The number of nitrogens with one attached hydrogen (secondary N) is 1. The van der Waals surface area contributed by atoms with Crippen molar-refractivity contribution in [2.75, 3.05) is 32.8 Å². The first-order valence-electron chi connectivity index (χ1n) is 13.4. The summed E-state index contributed by atoms with van der Waals surface area (Å²) in [6, 6.07) is 0.347. The molecule has 1 N–H and O–H groups in total. The van der Waals surface area contributed by atoms with Gasteiger partial charge in [0.25, 0.3) is 0 Å². The van der Waals surface area contributed by atoms with Crippen molar-refractivity contribution in [2.24, 2.45) is 34.0 Å². The number of likely N-dealkylation sites (tertiary alicyclic amines) is 2. The molecule has 5 aliphatic rings. The summed E-state index contributed by atoms with van der Waals surface area (Å²) in [5.74, 6) is 0.242. The van der Waals surface area contributed by atoms with Crippen LogP contribution in [0.15, 0.2) is 10.3 Å². The van der Waals surface area contributed by atoms with Gasteiger partial charge in [-0.15, -0.1) is 13.2 Å². The molecule has 0 radical (unpaired) electrons. The van der Waals surface area contributed by atoms with Crippen LogP contribution < -0.4 is 5.43 Å². The second-order valence-corrected chi connectivity index (χ2v) is 11.2. The number of rotatable bonds is 4. The molecule has 13 heteroatoms. The number of carbonyl (C=O) groups excluding carboxylic acids is 2. The highest BCUT2D eigenvalue weighted by atomic mass is 19.4. The summed E-state index contributed by atoms with van der Waals surface area (Å²) >= 11 is 0. The van der Waals surface area contributed by atoms with Gasteiger partial charge < -0.3 is 14.5 Å². The molecule has 2 saturated carbocycles. The Bertz CT molecular complexity index is 861. The van der Waals surface area contributed by atoms with E-state index in [1.807, 2.05) is 4.90 Å². The van der Waals surface area contributed by atoms with E-state index in [1.165, 1.54) is 0 Å². The maximum Gasteiger partial charge on any atom is 0.522 e. The van der Waals surface area contributed by atoms with Gasteiger partial charge >= 0.3 is 12.5 Å². The van der Waals surface area contributed by atoms with Gasteiger partial charge in [0.05, 0.1) is 24.8 Å². The van der Waals surface area contributed by atoms with Gasteiger partial charge in [-0.2, -0.15) is 5.11 Å². The van der Waals surface area contributed by atoms with Gasteiger partial charge in [0, 0.05) is 44.4 Å². The van der Waals surface area contributed by atoms with Crippen LogP contribution in [0.25, 0.3) is 0 Å². The normalized spacial score (nSPS) is 37.9. The van der Waals surface area contributed by atoms with Gasteiger partial charge in [-0.3, -0.25) is 15.0 Å². The van der Waals surface area contributed by atoms with E-state index in [2.05, 4.69) is 20.5 Å². The molecular weight excluding hydrogens is 498 g/mol. The minimum absolute atomic E-state index is 0.000452. The number of alkyl halides is 4. The number of fused-ring (bicyclic) bond motifs is 2. The van der Waals surface area contributed by atoms with Gasteiger partial charge in [-0.1, -0.05) is 5.22 Å². The van der Waals surface area contributed by atoms with Crippen molar-refractivity contribution in [3.8, 4) is 0 Å². The standard InChI is InChI=1S/C24H35F4N5O4/c25-19-10-18(37-24(26,27)28)3-1-17(19)13-36-23(35)32-7-5-15-11-33(12-16(15)6-8-32)22(34)14-2-4-20-21(9-14)30-31-29-20/h14-21H,1-13H2,(H,29,30). The van der Waals surface area contributed by atoms with E-state index >= 15 is 0 Å². The molecule has 2 aliphatic carbocycles. The number of halogens is 4. The van der Waals surface area contributed by atoms with Crippen LogP contribution in [0.3, 0.4) is 0 Å². The zero-order valence-electron chi connectivity index (χ0n) is 20.7. The fourth-order valence-corrected chi connectivity index (χ4v) is 6.70. The topological polar surface area (TPSA) is 95.8 Å². The fourth-order valence-electron chi connectivity index (χ4n) is 6.70. The zero-order chi connectivity index (χ0) is 26.2. The Balaban J connectivity index is 1.04. The van der Waals surface area contributed by atoms with Crippen LogP contribution >= 0.6 is 0 Å². The minimum Gasteiger partial charge on any atom is -0.449 e. The molecule has 5 rings (SSSR count). The van der Waals surface area contributed by atoms with Crippen molar-refractivity contribution in [2.45, 2.75) is 82.1 Å². The molecule has 0 bridgehead atoms. The lowest BCUT2D eigenvalue weighted by molar-refractivity contribution is -0.347. The molecule has 8 unspecified atom stereocenters. The lowest BCUT2D eigenvalue weighted by Crippen LogP contribution is -2.44. The molecule has 37 heavy (non-hydrogen) atoms. The van der Waals surface area contributed by atoms with E-state index in [9.17, 15) is 27.2 Å². The summed E-state index contributed by atoms with van der Waals surface area (Å²) in [6.45, 7) is 2.27. The molecule has 9 nitrogen and oxygen atoms in total. The second-order valence-electron chi connectivity index (χ2n) is 11.2. The van der Waals surface area contributed by atoms with Gasteiger partial charge in [-0.25, -0.2) is 9.18 Å². The first-order valence-corrected chi connectivity index (χ1v) is 13.4. The number of hydrogen-bond donors (Lipinski definition) is 1. The van der Waals surface area contributed by atoms with Crippen molar-refractivity contribution in [1.82, 2.24) is 15.2 Å². The molecule has 2 saturated heterocycles. The quantitative estimate of drug-likeness (QED) is 0.554. The van der Waals surface area contributed by atoms with Crippen LogP contribution in [-0.2, 0) is 14.3 Å². The summed E-state index contributed by atoms with van der Waals surface area (Å²) in [5, 5.41) is 8.10. The Morgan fingerprint density at radius 2 is 1.68 bits per heavy atom. The van der Waals surface area contributed by atoms with Crippen LogP contribution in [0, 0.1) is 23.7 Å². The molecule has 0 aromatic carbocycles. The third-order valence-electron chi connectivity index (χ3n) is 8.86. The van der Waals surface area contributed by atoms with Gasteiger partial charge in [0.1, 0.15) is 6.17 Å². The van der Waals surface area contributed by atoms with Crippen molar-refractivity contribution in [1.29, 1.82) is 0 Å². The van der Waals surface area contributed by atoms with Gasteiger partial charge in [0.2, 0.25) is 5.91 Å². The largest absolute Gasteiger partial charge is 0.522 e. The van der Waals surface area contributed by atoms with Crippen LogP contribution in [0.1, 0.15) is 51.4 Å². The molecule has 8 atom stereocenters. The number of ether oxygens (including phenoxy) is 2.